The smallest absolute Gasteiger partial charge is 0.240 e. The molecule has 2 rings (SSSR count). The minimum absolute atomic E-state index is 0.131. The molecule has 0 radical (unpaired) electrons. The highest BCUT2D eigenvalue weighted by molar-refractivity contribution is 7.94. The van der Waals surface area contributed by atoms with Crippen molar-refractivity contribution in [2.24, 2.45) is 0 Å². The standard InChI is InChI=1S/C12H13N3O3S2/c1-8-3-5-10(6-4-8)13-11(16)7-20(17,18)12-15-14-9(2)19-12/h3-6H,7H2,1-2H3,(H,13,16). The summed E-state index contributed by atoms with van der Waals surface area (Å²) in [6.07, 6.45) is 0. The maximum atomic E-state index is 11.9. The first-order valence-corrected chi connectivity index (χ1v) is 8.23. The van der Waals surface area contributed by atoms with E-state index in [1.807, 2.05) is 19.1 Å². The monoisotopic (exact) mass is 311 g/mol. The van der Waals surface area contributed by atoms with Crippen LogP contribution in [0.2, 0.25) is 0 Å². The molecule has 0 bridgehead atoms. The third kappa shape index (κ3) is 3.61. The molecule has 0 aliphatic carbocycles. The Hall–Kier alpha value is -1.80. The molecular weight excluding hydrogens is 298 g/mol. The summed E-state index contributed by atoms with van der Waals surface area (Å²) in [7, 11) is -3.73. The van der Waals surface area contributed by atoms with Crippen molar-refractivity contribution >= 4 is 32.8 Å². The summed E-state index contributed by atoms with van der Waals surface area (Å²) in [4.78, 5) is 11.8. The Kier molecular flexibility index (Phi) is 4.15. The SMILES string of the molecule is Cc1ccc(NC(=O)CS(=O)(=O)c2nnc(C)s2)cc1. The molecule has 0 aliphatic heterocycles. The maximum absolute atomic E-state index is 11.9. The molecule has 0 atom stereocenters. The minimum atomic E-state index is -3.73. The summed E-state index contributed by atoms with van der Waals surface area (Å²) in [5.41, 5.74) is 1.61. The van der Waals surface area contributed by atoms with Crippen LogP contribution in [0.3, 0.4) is 0 Å². The Morgan fingerprint density at radius 1 is 1.20 bits per heavy atom. The van der Waals surface area contributed by atoms with E-state index in [0.717, 1.165) is 16.9 Å². The summed E-state index contributed by atoms with van der Waals surface area (Å²) in [6, 6.07) is 7.10. The van der Waals surface area contributed by atoms with Gasteiger partial charge in [0.25, 0.3) is 0 Å². The van der Waals surface area contributed by atoms with Crippen molar-refractivity contribution in [3.05, 3.63) is 34.8 Å². The number of nitrogens with one attached hydrogen (secondary N) is 1. The van der Waals surface area contributed by atoms with Crippen LogP contribution >= 0.6 is 11.3 Å². The number of rotatable bonds is 4. The van der Waals surface area contributed by atoms with Crippen molar-refractivity contribution in [1.82, 2.24) is 10.2 Å². The Labute approximate surface area is 120 Å². The summed E-state index contributed by atoms with van der Waals surface area (Å²) in [6.45, 7) is 3.58. The van der Waals surface area contributed by atoms with Gasteiger partial charge in [0.05, 0.1) is 0 Å². The molecule has 0 saturated carbocycles. The largest absolute Gasteiger partial charge is 0.325 e. The van der Waals surface area contributed by atoms with Crippen LogP contribution in [-0.4, -0.2) is 30.3 Å². The zero-order valence-electron chi connectivity index (χ0n) is 11.0. The van der Waals surface area contributed by atoms with E-state index < -0.39 is 21.5 Å². The number of nitrogens with zero attached hydrogens (tertiary/aromatic N) is 2. The number of aryl methyl sites for hydroxylation is 2. The van der Waals surface area contributed by atoms with Gasteiger partial charge in [-0.05, 0) is 26.0 Å². The molecule has 1 aromatic heterocycles. The highest BCUT2D eigenvalue weighted by Crippen LogP contribution is 2.16. The summed E-state index contributed by atoms with van der Waals surface area (Å²) in [5, 5.41) is 10.3. The third-order valence-electron chi connectivity index (χ3n) is 2.43. The second kappa shape index (κ2) is 5.68. The van der Waals surface area contributed by atoms with Crippen molar-refractivity contribution in [2.45, 2.75) is 18.2 Å². The van der Waals surface area contributed by atoms with Crippen molar-refractivity contribution in [3.8, 4) is 0 Å². The van der Waals surface area contributed by atoms with Crippen molar-refractivity contribution in [1.29, 1.82) is 0 Å². The van der Waals surface area contributed by atoms with Gasteiger partial charge in [0, 0.05) is 5.69 Å². The molecule has 20 heavy (non-hydrogen) atoms. The third-order valence-corrected chi connectivity index (χ3v) is 5.33. The second-order valence-electron chi connectivity index (χ2n) is 4.26. The number of sulfone groups is 1. The number of carbonyl (C=O) groups excluding carboxylic acids is 1. The Bertz CT molecular complexity index is 721. The summed E-state index contributed by atoms with van der Waals surface area (Å²) < 4.78 is 23.8. The van der Waals surface area contributed by atoms with E-state index in [9.17, 15) is 13.2 Å². The number of carbonyl (C=O) groups is 1. The topological polar surface area (TPSA) is 89.0 Å². The molecule has 1 N–H and O–H groups in total. The quantitative estimate of drug-likeness (QED) is 0.925. The van der Waals surface area contributed by atoms with E-state index in [4.69, 9.17) is 0 Å². The lowest BCUT2D eigenvalue weighted by Crippen LogP contribution is -2.23. The van der Waals surface area contributed by atoms with Crippen molar-refractivity contribution in [2.75, 3.05) is 11.1 Å². The van der Waals surface area contributed by atoms with Crippen molar-refractivity contribution < 1.29 is 13.2 Å². The Morgan fingerprint density at radius 3 is 2.40 bits per heavy atom. The zero-order valence-corrected chi connectivity index (χ0v) is 12.6. The molecule has 0 aliphatic rings. The lowest BCUT2D eigenvalue weighted by molar-refractivity contribution is -0.113. The summed E-state index contributed by atoms with van der Waals surface area (Å²) >= 11 is 0.955. The van der Waals surface area contributed by atoms with Crippen LogP contribution in [0.5, 0.6) is 0 Å². The molecular formula is C12H13N3O3S2. The second-order valence-corrected chi connectivity index (χ2v) is 7.61. The van der Waals surface area contributed by atoms with E-state index in [1.54, 1.807) is 19.1 Å². The van der Waals surface area contributed by atoms with Gasteiger partial charge in [-0.2, -0.15) is 0 Å². The van der Waals surface area contributed by atoms with E-state index in [2.05, 4.69) is 15.5 Å². The van der Waals surface area contributed by atoms with Crippen LogP contribution in [0.25, 0.3) is 0 Å². The molecule has 0 saturated heterocycles. The number of hydrogen-bond acceptors (Lipinski definition) is 6. The van der Waals surface area contributed by atoms with Gasteiger partial charge >= 0.3 is 0 Å². The fourth-order valence-corrected chi connectivity index (χ4v) is 3.64. The first-order chi connectivity index (χ1) is 9.37. The molecule has 2 aromatic rings. The van der Waals surface area contributed by atoms with Gasteiger partial charge in [0.2, 0.25) is 20.1 Å². The number of aromatic nitrogens is 2. The Morgan fingerprint density at radius 2 is 1.85 bits per heavy atom. The molecule has 8 heteroatoms. The highest BCUT2D eigenvalue weighted by atomic mass is 32.2. The van der Waals surface area contributed by atoms with E-state index in [1.165, 1.54) is 0 Å². The van der Waals surface area contributed by atoms with Crippen LogP contribution in [0.4, 0.5) is 5.69 Å². The van der Waals surface area contributed by atoms with Crippen LogP contribution < -0.4 is 5.32 Å². The van der Waals surface area contributed by atoms with Crippen LogP contribution in [-0.2, 0) is 14.6 Å². The van der Waals surface area contributed by atoms with Gasteiger partial charge in [-0.25, -0.2) is 8.42 Å². The van der Waals surface area contributed by atoms with Gasteiger partial charge in [0.15, 0.2) is 0 Å². The van der Waals surface area contributed by atoms with Crippen LogP contribution in [0.15, 0.2) is 28.6 Å². The molecule has 0 unspecified atom stereocenters. The van der Waals surface area contributed by atoms with E-state index >= 15 is 0 Å². The van der Waals surface area contributed by atoms with Crippen molar-refractivity contribution in [3.63, 3.8) is 0 Å². The fraction of sp³-hybridized carbons (Fsp3) is 0.250. The fourth-order valence-electron chi connectivity index (χ4n) is 1.47. The molecule has 0 fully saturated rings. The summed E-state index contributed by atoms with van der Waals surface area (Å²) in [5.74, 6) is -1.24. The Balaban J connectivity index is 2.06. The predicted octanol–water partition coefficient (Wildman–Crippen LogP) is 1.57. The molecule has 1 heterocycles. The zero-order chi connectivity index (χ0) is 14.8. The van der Waals surface area contributed by atoms with Crippen LogP contribution in [0, 0.1) is 13.8 Å². The first kappa shape index (κ1) is 14.6. The first-order valence-electron chi connectivity index (χ1n) is 5.76. The molecule has 0 spiro atoms. The van der Waals surface area contributed by atoms with Gasteiger partial charge < -0.3 is 5.32 Å². The minimum Gasteiger partial charge on any atom is -0.325 e. The molecule has 6 nitrogen and oxygen atoms in total. The molecule has 1 aromatic carbocycles. The van der Waals surface area contributed by atoms with Gasteiger partial charge in [-0.3, -0.25) is 4.79 Å². The highest BCUT2D eigenvalue weighted by Gasteiger charge is 2.23. The van der Waals surface area contributed by atoms with Gasteiger partial charge in [-0.1, -0.05) is 29.0 Å². The average molecular weight is 311 g/mol. The lowest BCUT2D eigenvalue weighted by atomic mass is 10.2. The molecule has 106 valence electrons. The normalized spacial score (nSPS) is 11.3. The predicted molar refractivity (Wildman–Crippen MR) is 76.5 cm³/mol. The van der Waals surface area contributed by atoms with Crippen LogP contribution in [0.1, 0.15) is 10.6 Å². The van der Waals surface area contributed by atoms with E-state index in [-0.39, 0.29) is 4.34 Å². The average Bonchev–Trinajstić information content (AvgIpc) is 2.79. The number of amides is 1. The lowest BCUT2D eigenvalue weighted by Gasteiger charge is -2.05. The molecule has 1 amide bonds. The van der Waals surface area contributed by atoms with E-state index in [0.29, 0.717) is 10.7 Å². The maximum Gasteiger partial charge on any atom is 0.240 e. The van der Waals surface area contributed by atoms with Gasteiger partial charge in [-0.15, -0.1) is 10.2 Å². The number of benzene rings is 1. The number of anilines is 1. The number of hydrogen-bond donors (Lipinski definition) is 1. The van der Waals surface area contributed by atoms with Gasteiger partial charge in [0.1, 0.15) is 10.8 Å².